The molecular weight excluding hydrogens is 201 g/mol. The van der Waals surface area contributed by atoms with Crippen LogP contribution in [0, 0.1) is 6.92 Å². The first-order chi connectivity index (χ1) is 7.81. The first-order valence-electron chi connectivity index (χ1n) is 4.98. The van der Waals surface area contributed by atoms with Crippen molar-refractivity contribution in [3.63, 3.8) is 0 Å². The van der Waals surface area contributed by atoms with E-state index in [0.717, 1.165) is 11.3 Å². The third-order valence-electron chi connectivity index (χ3n) is 2.30. The molecule has 1 aromatic heterocycles. The van der Waals surface area contributed by atoms with Gasteiger partial charge in [-0.25, -0.2) is 4.39 Å². The van der Waals surface area contributed by atoms with Crippen LogP contribution in [-0.4, -0.2) is 4.98 Å². The van der Waals surface area contributed by atoms with Gasteiger partial charge in [0.1, 0.15) is 5.83 Å². The molecule has 2 rings (SSSR count). The lowest BCUT2D eigenvalue weighted by Gasteiger charge is -2.01. The van der Waals surface area contributed by atoms with Gasteiger partial charge in [0, 0.05) is 17.3 Å². The maximum atomic E-state index is 13.2. The minimum atomic E-state index is -0.312. The summed E-state index contributed by atoms with van der Waals surface area (Å²) >= 11 is 0. The number of nitrogens with zero attached hydrogens (tertiary/aromatic N) is 1. The highest BCUT2D eigenvalue weighted by Crippen LogP contribution is 2.21. The minimum absolute atomic E-state index is 0.312. The summed E-state index contributed by atoms with van der Waals surface area (Å²) < 4.78 is 13.2. The fraction of sp³-hybridized carbons (Fsp3) is 0. The molecule has 16 heavy (non-hydrogen) atoms. The number of allylic oxidation sites excluding steroid dienone is 1. The van der Waals surface area contributed by atoms with Crippen LogP contribution in [0.5, 0.6) is 0 Å². The van der Waals surface area contributed by atoms with Crippen molar-refractivity contribution in [1.29, 1.82) is 0 Å². The van der Waals surface area contributed by atoms with Gasteiger partial charge in [0.15, 0.2) is 0 Å². The standard InChI is InChI=1S/C14H11FN/c1-2-13(15)11-6-8-12(9-7-11)14-5-3-4-10-16-14/h2-10H,1H2/b13-2-. The van der Waals surface area contributed by atoms with Gasteiger partial charge in [0.2, 0.25) is 0 Å². The highest BCUT2D eigenvalue weighted by atomic mass is 19.1. The van der Waals surface area contributed by atoms with Crippen molar-refractivity contribution in [3.05, 3.63) is 67.2 Å². The Hall–Kier alpha value is -1.96. The monoisotopic (exact) mass is 212 g/mol. The lowest BCUT2D eigenvalue weighted by molar-refractivity contribution is 0.760. The lowest BCUT2D eigenvalue weighted by Crippen LogP contribution is -1.83. The number of hydrogen-bond donors (Lipinski definition) is 0. The van der Waals surface area contributed by atoms with Crippen LogP contribution in [0.15, 0.2) is 54.7 Å². The van der Waals surface area contributed by atoms with E-state index in [2.05, 4.69) is 11.9 Å². The Morgan fingerprint density at radius 1 is 1.12 bits per heavy atom. The first kappa shape index (κ1) is 10.6. The zero-order valence-electron chi connectivity index (χ0n) is 8.73. The fourth-order valence-electron chi connectivity index (χ4n) is 1.45. The molecule has 1 nitrogen and oxygen atoms in total. The van der Waals surface area contributed by atoms with Gasteiger partial charge in [-0.15, -0.1) is 0 Å². The van der Waals surface area contributed by atoms with E-state index in [4.69, 9.17) is 0 Å². The largest absolute Gasteiger partial charge is 0.256 e. The highest BCUT2D eigenvalue weighted by Gasteiger charge is 2.01. The van der Waals surface area contributed by atoms with Gasteiger partial charge in [-0.05, 0) is 25.1 Å². The number of hydrogen-bond acceptors (Lipinski definition) is 1. The quantitative estimate of drug-likeness (QED) is 0.735. The van der Waals surface area contributed by atoms with Gasteiger partial charge < -0.3 is 0 Å². The van der Waals surface area contributed by atoms with Crippen LogP contribution < -0.4 is 0 Å². The molecule has 0 bridgehead atoms. The molecule has 2 heteroatoms. The van der Waals surface area contributed by atoms with E-state index >= 15 is 0 Å². The van der Waals surface area contributed by atoms with Crippen molar-refractivity contribution >= 4 is 5.83 Å². The van der Waals surface area contributed by atoms with Crippen LogP contribution >= 0.6 is 0 Å². The van der Waals surface area contributed by atoms with Crippen LogP contribution in [0.4, 0.5) is 4.39 Å². The van der Waals surface area contributed by atoms with Gasteiger partial charge in [0.25, 0.3) is 0 Å². The molecule has 0 atom stereocenters. The number of rotatable bonds is 2. The smallest absolute Gasteiger partial charge is 0.126 e. The molecule has 0 unspecified atom stereocenters. The Morgan fingerprint density at radius 2 is 1.88 bits per heavy atom. The Balaban J connectivity index is 2.34. The molecule has 79 valence electrons. The van der Waals surface area contributed by atoms with Crippen LogP contribution in [0.25, 0.3) is 17.1 Å². The number of pyridine rings is 1. The molecule has 0 saturated carbocycles. The Morgan fingerprint density at radius 3 is 2.44 bits per heavy atom. The Labute approximate surface area is 94.3 Å². The number of aromatic nitrogens is 1. The Bertz CT molecular complexity index is 486. The van der Waals surface area contributed by atoms with E-state index < -0.39 is 0 Å². The zero-order valence-corrected chi connectivity index (χ0v) is 8.73. The number of halogens is 1. The van der Waals surface area contributed by atoms with Crippen molar-refractivity contribution in [1.82, 2.24) is 4.98 Å². The van der Waals surface area contributed by atoms with Crippen molar-refractivity contribution in [3.8, 4) is 11.3 Å². The van der Waals surface area contributed by atoms with Crippen molar-refractivity contribution < 1.29 is 4.39 Å². The van der Waals surface area contributed by atoms with Crippen LogP contribution in [0.2, 0.25) is 0 Å². The summed E-state index contributed by atoms with van der Waals surface area (Å²) in [6.07, 6.45) is 2.94. The molecule has 1 radical (unpaired) electrons. The summed E-state index contributed by atoms with van der Waals surface area (Å²) in [6.45, 7) is 3.39. The van der Waals surface area contributed by atoms with Gasteiger partial charge in [-0.3, -0.25) is 4.98 Å². The fourth-order valence-corrected chi connectivity index (χ4v) is 1.45. The van der Waals surface area contributed by atoms with Gasteiger partial charge in [0.05, 0.1) is 5.69 Å². The van der Waals surface area contributed by atoms with Gasteiger partial charge in [-0.2, -0.15) is 0 Å². The third kappa shape index (κ3) is 2.16. The predicted octanol–water partition coefficient (Wildman–Crippen LogP) is 3.89. The topological polar surface area (TPSA) is 12.9 Å². The van der Waals surface area contributed by atoms with Crippen LogP contribution in [0.1, 0.15) is 5.56 Å². The minimum Gasteiger partial charge on any atom is -0.256 e. The summed E-state index contributed by atoms with van der Waals surface area (Å²) in [5, 5.41) is 0. The molecule has 0 aliphatic heterocycles. The van der Waals surface area contributed by atoms with E-state index in [9.17, 15) is 4.39 Å². The van der Waals surface area contributed by atoms with Crippen LogP contribution in [0.3, 0.4) is 0 Å². The van der Waals surface area contributed by atoms with E-state index in [-0.39, 0.29) is 5.83 Å². The lowest BCUT2D eigenvalue weighted by atomic mass is 10.1. The normalized spacial score (nSPS) is 11.5. The second-order valence-corrected chi connectivity index (χ2v) is 3.34. The van der Waals surface area contributed by atoms with E-state index in [1.165, 1.54) is 6.08 Å². The summed E-state index contributed by atoms with van der Waals surface area (Å²) in [5.41, 5.74) is 2.39. The molecule has 0 saturated heterocycles. The summed E-state index contributed by atoms with van der Waals surface area (Å²) in [6, 6.07) is 12.8. The molecule has 1 aromatic carbocycles. The van der Waals surface area contributed by atoms with E-state index in [1.807, 2.05) is 30.3 Å². The van der Waals surface area contributed by atoms with Gasteiger partial charge >= 0.3 is 0 Å². The molecular formula is C14H11FN. The van der Waals surface area contributed by atoms with Crippen molar-refractivity contribution in [2.24, 2.45) is 0 Å². The van der Waals surface area contributed by atoms with Gasteiger partial charge in [-0.1, -0.05) is 30.3 Å². The van der Waals surface area contributed by atoms with Crippen LogP contribution in [-0.2, 0) is 0 Å². The molecule has 0 aliphatic carbocycles. The Kier molecular flexibility index (Phi) is 3.10. The second kappa shape index (κ2) is 4.71. The molecule has 2 aromatic rings. The second-order valence-electron chi connectivity index (χ2n) is 3.34. The number of benzene rings is 1. The average Bonchev–Trinajstić information content (AvgIpc) is 2.39. The van der Waals surface area contributed by atoms with Crippen molar-refractivity contribution in [2.45, 2.75) is 0 Å². The predicted molar refractivity (Wildman–Crippen MR) is 64.1 cm³/mol. The summed E-state index contributed by atoms with van der Waals surface area (Å²) in [7, 11) is 0. The molecule has 0 N–H and O–H groups in total. The van der Waals surface area contributed by atoms with E-state index in [0.29, 0.717) is 5.56 Å². The molecule has 0 spiro atoms. The molecule has 0 aliphatic rings. The SMILES string of the molecule is [CH2]/C=C(\F)c1ccc(-c2ccccn2)cc1. The highest BCUT2D eigenvalue weighted by molar-refractivity contribution is 5.65. The molecule has 1 heterocycles. The summed E-state index contributed by atoms with van der Waals surface area (Å²) in [4.78, 5) is 4.22. The van der Waals surface area contributed by atoms with Crippen molar-refractivity contribution in [2.75, 3.05) is 0 Å². The summed E-state index contributed by atoms with van der Waals surface area (Å²) in [5.74, 6) is -0.312. The molecule has 0 fully saturated rings. The maximum absolute atomic E-state index is 13.2. The van der Waals surface area contributed by atoms with E-state index in [1.54, 1.807) is 18.3 Å². The average molecular weight is 212 g/mol. The molecule has 0 amide bonds. The maximum Gasteiger partial charge on any atom is 0.126 e. The zero-order chi connectivity index (χ0) is 11.4. The first-order valence-corrected chi connectivity index (χ1v) is 4.98. The third-order valence-corrected chi connectivity index (χ3v) is 2.30.